The Bertz CT molecular complexity index is 820. The second-order valence-electron chi connectivity index (χ2n) is 5.76. The number of ether oxygens (including phenoxy) is 2. The minimum Gasteiger partial charge on any atom is -0.490 e. The van der Waals surface area contributed by atoms with E-state index in [9.17, 15) is 14.4 Å². The topological polar surface area (TPSA) is 114 Å². The first-order valence-corrected chi connectivity index (χ1v) is 8.70. The van der Waals surface area contributed by atoms with E-state index in [1.165, 1.54) is 0 Å². The minimum atomic E-state index is -1.10. The molecule has 0 aromatic heterocycles. The van der Waals surface area contributed by atoms with Crippen LogP contribution < -0.4 is 20.1 Å². The number of para-hydroxylation sites is 2. The SMILES string of the molecule is CCOc1ccccc1OCC(=O)Nc1ccc(CC(=O)NCC(=O)O)cc1. The van der Waals surface area contributed by atoms with Crippen LogP contribution in [-0.4, -0.2) is 42.6 Å². The molecule has 0 radical (unpaired) electrons. The Labute approximate surface area is 162 Å². The number of nitrogens with one attached hydrogen (secondary N) is 2. The van der Waals surface area contributed by atoms with Gasteiger partial charge in [-0.05, 0) is 36.8 Å². The lowest BCUT2D eigenvalue weighted by Gasteiger charge is -2.12. The quantitative estimate of drug-likeness (QED) is 0.574. The molecular formula is C20H22N2O6. The molecule has 0 fully saturated rings. The van der Waals surface area contributed by atoms with E-state index in [4.69, 9.17) is 14.6 Å². The van der Waals surface area contributed by atoms with Crippen molar-refractivity contribution in [1.29, 1.82) is 0 Å². The normalized spacial score (nSPS) is 10.0. The van der Waals surface area contributed by atoms with Gasteiger partial charge in [0.1, 0.15) is 6.54 Å². The zero-order valence-corrected chi connectivity index (χ0v) is 15.4. The van der Waals surface area contributed by atoms with Crippen LogP contribution in [0, 0.1) is 0 Å². The van der Waals surface area contributed by atoms with Crippen molar-refractivity contribution in [3.63, 3.8) is 0 Å². The summed E-state index contributed by atoms with van der Waals surface area (Å²) in [6, 6.07) is 13.8. The maximum absolute atomic E-state index is 12.1. The molecule has 3 N–H and O–H groups in total. The third-order valence-electron chi connectivity index (χ3n) is 3.55. The van der Waals surface area contributed by atoms with Crippen LogP contribution in [0.2, 0.25) is 0 Å². The van der Waals surface area contributed by atoms with Crippen molar-refractivity contribution in [2.75, 3.05) is 25.1 Å². The van der Waals surface area contributed by atoms with Gasteiger partial charge in [0.25, 0.3) is 5.91 Å². The molecule has 0 atom stereocenters. The zero-order chi connectivity index (χ0) is 20.4. The lowest BCUT2D eigenvalue weighted by Crippen LogP contribution is -2.30. The smallest absolute Gasteiger partial charge is 0.322 e. The van der Waals surface area contributed by atoms with Crippen LogP contribution >= 0.6 is 0 Å². The summed E-state index contributed by atoms with van der Waals surface area (Å²) in [4.78, 5) is 34.1. The number of rotatable bonds is 10. The third kappa shape index (κ3) is 6.99. The Balaban J connectivity index is 1.82. The Kier molecular flexibility index (Phi) is 7.83. The molecule has 0 aliphatic heterocycles. The molecule has 8 nitrogen and oxygen atoms in total. The van der Waals surface area contributed by atoms with Gasteiger partial charge in [0.2, 0.25) is 5.91 Å². The predicted molar refractivity (Wildman–Crippen MR) is 103 cm³/mol. The van der Waals surface area contributed by atoms with Crippen LogP contribution in [0.4, 0.5) is 5.69 Å². The molecule has 0 spiro atoms. The summed E-state index contributed by atoms with van der Waals surface area (Å²) in [6.45, 7) is 1.76. The van der Waals surface area contributed by atoms with Gasteiger partial charge < -0.3 is 25.2 Å². The molecular weight excluding hydrogens is 364 g/mol. The molecule has 0 aliphatic carbocycles. The number of amides is 2. The summed E-state index contributed by atoms with van der Waals surface area (Å²) in [5.74, 6) is -0.762. The van der Waals surface area contributed by atoms with Crippen molar-refractivity contribution in [3.8, 4) is 11.5 Å². The standard InChI is InChI=1S/C20H22N2O6/c1-2-27-16-5-3-4-6-17(16)28-13-19(24)22-15-9-7-14(8-10-15)11-18(23)21-12-20(25)26/h3-10H,2,11-13H2,1H3,(H,21,23)(H,22,24)(H,25,26). The van der Waals surface area contributed by atoms with E-state index in [0.29, 0.717) is 29.4 Å². The van der Waals surface area contributed by atoms with E-state index in [2.05, 4.69) is 10.6 Å². The van der Waals surface area contributed by atoms with Crippen molar-refractivity contribution in [1.82, 2.24) is 5.32 Å². The number of carboxylic acid groups (broad SMARTS) is 1. The number of hydrogen-bond acceptors (Lipinski definition) is 5. The Morgan fingerprint density at radius 2 is 1.57 bits per heavy atom. The minimum absolute atomic E-state index is 0.0544. The van der Waals surface area contributed by atoms with Gasteiger partial charge in [-0.2, -0.15) is 0 Å². The van der Waals surface area contributed by atoms with Crippen LogP contribution in [0.15, 0.2) is 48.5 Å². The molecule has 0 heterocycles. The molecule has 0 saturated heterocycles. The Hall–Kier alpha value is -3.55. The highest BCUT2D eigenvalue weighted by molar-refractivity contribution is 5.92. The molecule has 2 aromatic carbocycles. The highest BCUT2D eigenvalue weighted by Crippen LogP contribution is 2.26. The molecule has 0 unspecified atom stereocenters. The molecule has 0 aliphatic rings. The maximum atomic E-state index is 12.1. The molecule has 2 rings (SSSR count). The van der Waals surface area contributed by atoms with E-state index < -0.39 is 12.5 Å². The van der Waals surface area contributed by atoms with Gasteiger partial charge in [-0.25, -0.2) is 0 Å². The van der Waals surface area contributed by atoms with Gasteiger partial charge in [-0.1, -0.05) is 24.3 Å². The van der Waals surface area contributed by atoms with Gasteiger partial charge in [-0.15, -0.1) is 0 Å². The Morgan fingerprint density at radius 3 is 2.18 bits per heavy atom. The Morgan fingerprint density at radius 1 is 0.929 bits per heavy atom. The molecule has 0 saturated carbocycles. The summed E-state index contributed by atoms with van der Waals surface area (Å²) >= 11 is 0. The van der Waals surface area contributed by atoms with E-state index in [-0.39, 0.29) is 24.8 Å². The first-order valence-electron chi connectivity index (χ1n) is 8.70. The lowest BCUT2D eigenvalue weighted by atomic mass is 10.1. The molecule has 2 amide bonds. The molecule has 0 bridgehead atoms. The van der Waals surface area contributed by atoms with Crippen molar-refractivity contribution in [2.24, 2.45) is 0 Å². The molecule has 28 heavy (non-hydrogen) atoms. The number of carboxylic acids is 1. The van der Waals surface area contributed by atoms with Gasteiger partial charge in [0.15, 0.2) is 18.1 Å². The molecule has 148 valence electrons. The second kappa shape index (κ2) is 10.6. The fourth-order valence-corrected chi connectivity index (χ4v) is 2.31. The van der Waals surface area contributed by atoms with Crippen molar-refractivity contribution < 1.29 is 29.0 Å². The fraction of sp³-hybridized carbons (Fsp3) is 0.250. The summed E-state index contributed by atoms with van der Waals surface area (Å²) in [5.41, 5.74) is 1.25. The second-order valence-corrected chi connectivity index (χ2v) is 5.76. The third-order valence-corrected chi connectivity index (χ3v) is 3.55. The van der Waals surface area contributed by atoms with Crippen LogP contribution in [0.25, 0.3) is 0 Å². The van der Waals surface area contributed by atoms with Crippen molar-refractivity contribution in [3.05, 3.63) is 54.1 Å². The van der Waals surface area contributed by atoms with Gasteiger partial charge in [-0.3, -0.25) is 14.4 Å². The zero-order valence-electron chi connectivity index (χ0n) is 15.4. The van der Waals surface area contributed by atoms with Crippen LogP contribution in [-0.2, 0) is 20.8 Å². The first kappa shape index (κ1) is 20.8. The monoisotopic (exact) mass is 386 g/mol. The van der Waals surface area contributed by atoms with E-state index in [1.54, 1.807) is 42.5 Å². The fourth-order valence-electron chi connectivity index (χ4n) is 2.31. The van der Waals surface area contributed by atoms with Crippen molar-refractivity contribution >= 4 is 23.5 Å². The largest absolute Gasteiger partial charge is 0.490 e. The molecule has 8 heteroatoms. The summed E-state index contributed by atoms with van der Waals surface area (Å²) < 4.78 is 10.9. The van der Waals surface area contributed by atoms with E-state index in [1.807, 2.05) is 13.0 Å². The number of anilines is 1. The van der Waals surface area contributed by atoms with Gasteiger partial charge >= 0.3 is 5.97 Å². The maximum Gasteiger partial charge on any atom is 0.322 e. The number of benzene rings is 2. The van der Waals surface area contributed by atoms with Crippen LogP contribution in [0.3, 0.4) is 0 Å². The average Bonchev–Trinajstić information content (AvgIpc) is 2.67. The first-order chi connectivity index (χ1) is 13.5. The summed E-state index contributed by atoms with van der Waals surface area (Å²) in [7, 11) is 0. The number of aliphatic carboxylic acids is 1. The number of carbonyl (C=O) groups excluding carboxylic acids is 2. The van der Waals surface area contributed by atoms with Crippen molar-refractivity contribution in [2.45, 2.75) is 13.3 Å². The van der Waals surface area contributed by atoms with Gasteiger partial charge in [0.05, 0.1) is 13.0 Å². The van der Waals surface area contributed by atoms with Crippen LogP contribution in [0.5, 0.6) is 11.5 Å². The van der Waals surface area contributed by atoms with Gasteiger partial charge in [0, 0.05) is 5.69 Å². The van der Waals surface area contributed by atoms with Crippen LogP contribution in [0.1, 0.15) is 12.5 Å². The predicted octanol–water partition coefficient (Wildman–Crippen LogP) is 1.85. The number of hydrogen-bond donors (Lipinski definition) is 3. The summed E-state index contributed by atoms with van der Waals surface area (Å²) in [6.07, 6.45) is 0.0544. The summed E-state index contributed by atoms with van der Waals surface area (Å²) in [5, 5.41) is 13.5. The highest BCUT2D eigenvalue weighted by atomic mass is 16.5. The highest BCUT2D eigenvalue weighted by Gasteiger charge is 2.09. The lowest BCUT2D eigenvalue weighted by molar-refractivity contribution is -0.137. The molecule has 2 aromatic rings. The number of carbonyl (C=O) groups is 3. The van der Waals surface area contributed by atoms with E-state index >= 15 is 0 Å². The average molecular weight is 386 g/mol. The van der Waals surface area contributed by atoms with E-state index in [0.717, 1.165) is 0 Å².